The van der Waals surface area contributed by atoms with Crippen molar-refractivity contribution < 1.29 is 14.6 Å². The molecule has 0 aliphatic carbocycles. The Morgan fingerprint density at radius 3 is 2.74 bits per heavy atom. The molecule has 1 fully saturated rings. The van der Waals surface area contributed by atoms with Gasteiger partial charge >= 0.3 is 6.09 Å². The number of aryl methyl sites for hydroxylation is 1. The lowest BCUT2D eigenvalue weighted by atomic mass is 9.66. The standard InChI is InChI=1S/C21H29ClN2O3/c1-16-18(13-17(14-23-16)9-7-5-6-8-11-22)27-15-21(20(2,3)4)10-12-24(21)19(25)26/h13-14H,5-6,8,10-12,15H2,1-4H3,(H,25,26). The van der Waals surface area contributed by atoms with Crippen molar-refractivity contribution in [3.63, 3.8) is 0 Å². The number of hydrogen-bond acceptors (Lipinski definition) is 3. The first kappa shape index (κ1) is 21.4. The molecule has 0 saturated carbocycles. The van der Waals surface area contributed by atoms with Gasteiger partial charge in [0.1, 0.15) is 12.4 Å². The molecule has 1 saturated heterocycles. The Morgan fingerprint density at radius 1 is 1.44 bits per heavy atom. The van der Waals surface area contributed by atoms with E-state index in [0.29, 0.717) is 24.8 Å². The van der Waals surface area contributed by atoms with Gasteiger partial charge in [0.15, 0.2) is 0 Å². The molecule has 0 aromatic carbocycles. The van der Waals surface area contributed by atoms with E-state index in [4.69, 9.17) is 16.3 Å². The molecule has 1 aromatic heterocycles. The molecule has 5 nitrogen and oxygen atoms in total. The fraction of sp³-hybridized carbons (Fsp3) is 0.619. The van der Waals surface area contributed by atoms with Gasteiger partial charge in [-0.2, -0.15) is 0 Å². The number of hydrogen-bond donors (Lipinski definition) is 1. The second-order valence-corrected chi connectivity index (χ2v) is 8.39. The number of carbonyl (C=O) groups is 1. The van der Waals surface area contributed by atoms with Gasteiger partial charge in [0.05, 0.1) is 11.2 Å². The largest absolute Gasteiger partial charge is 0.489 e. The predicted octanol–water partition coefficient (Wildman–Crippen LogP) is 4.70. The third-order valence-corrected chi connectivity index (χ3v) is 5.58. The number of alkyl halides is 1. The van der Waals surface area contributed by atoms with Crippen molar-refractivity contribution in [1.82, 2.24) is 9.88 Å². The number of halogens is 1. The number of aromatic nitrogens is 1. The van der Waals surface area contributed by atoms with Crippen LogP contribution in [0.2, 0.25) is 0 Å². The van der Waals surface area contributed by atoms with Crippen LogP contribution < -0.4 is 4.74 Å². The molecular formula is C21H29ClN2O3. The quantitative estimate of drug-likeness (QED) is 0.433. The summed E-state index contributed by atoms with van der Waals surface area (Å²) in [7, 11) is 0. The van der Waals surface area contributed by atoms with Crippen LogP contribution in [0.4, 0.5) is 4.79 Å². The van der Waals surface area contributed by atoms with E-state index in [0.717, 1.165) is 36.9 Å². The second kappa shape index (κ2) is 8.84. The minimum absolute atomic E-state index is 0.231. The maximum Gasteiger partial charge on any atom is 0.407 e. The maximum absolute atomic E-state index is 11.6. The number of unbranched alkanes of at least 4 members (excludes halogenated alkanes) is 2. The minimum atomic E-state index is -0.897. The third kappa shape index (κ3) is 4.87. The van der Waals surface area contributed by atoms with E-state index in [1.807, 2.05) is 13.0 Å². The molecule has 148 valence electrons. The summed E-state index contributed by atoms with van der Waals surface area (Å²) in [5.41, 5.74) is 0.808. The first-order valence-corrected chi connectivity index (χ1v) is 9.89. The van der Waals surface area contributed by atoms with Crippen molar-refractivity contribution in [1.29, 1.82) is 0 Å². The third-order valence-electron chi connectivity index (χ3n) is 5.32. The van der Waals surface area contributed by atoms with Crippen LogP contribution in [-0.4, -0.2) is 45.7 Å². The fourth-order valence-corrected chi connectivity index (χ4v) is 3.50. The van der Waals surface area contributed by atoms with Crippen molar-refractivity contribution in [3.05, 3.63) is 23.5 Å². The predicted molar refractivity (Wildman–Crippen MR) is 107 cm³/mol. The number of nitrogens with zero attached hydrogens (tertiary/aromatic N) is 2. The highest BCUT2D eigenvalue weighted by atomic mass is 35.5. The molecule has 1 N–H and O–H groups in total. The van der Waals surface area contributed by atoms with Crippen molar-refractivity contribution in [2.45, 2.75) is 58.9 Å². The lowest BCUT2D eigenvalue weighted by Gasteiger charge is -2.58. The van der Waals surface area contributed by atoms with Gasteiger partial charge in [-0.15, -0.1) is 11.6 Å². The number of ether oxygens (including phenoxy) is 1. The molecule has 1 unspecified atom stereocenters. The van der Waals surface area contributed by atoms with Crippen LogP contribution in [-0.2, 0) is 0 Å². The molecule has 27 heavy (non-hydrogen) atoms. The van der Waals surface area contributed by atoms with Gasteiger partial charge in [0, 0.05) is 30.6 Å². The fourth-order valence-electron chi connectivity index (χ4n) is 3.32. The zero-order valence-corrected chi connectivity index (χ0v) is 17.4. The number of pyridine rings is 1. The normalized spacial score (nSPS) is 19.1. The lowest BCUT2D eigenvalue weighted by molar-refractivity contribution is -0.0962. The zero-order valence-electron chi connectivity index (χ0n) is 16.6. The Hall–Kier alpha value is -1.93. The topological polar surface area (TPSA) is 62.7 Å². The summed E-state index contributed by atoms with van der Waals surface area (Å²) in [5.74, 6) is 7.56. The number of carboxylic acid groups (broad SMARTS) is 1. The van der Waals surface area contributed by atoms with E-state index in [9.17, 15) is 9.90 Å². The molecule has 0 bridgehead atoms. The Kier molecular flexibility index (Phi) is 7.00. The Labute approximate surface area is 167 Å². The molecule has 1 amide bonds. The Balaban J connectivity index is 2.12. The van der Waals surface area contributed by atoms with Gasteiger partial charge in [-0.3, -0.25) is 9.88 Å². The Bertz CT molecular complexity index is 733. The minimum Gasteiger partial charge on any atom is -0.489 e. The van der Waals surface area contributed by atoms with E-state index in [1.54, 1.807) is 6.20 Å². The summed E-state index contributed by atoms with van der Waals surface area (Å²) in [4.78, 5) is 17.5. The summed E-state index contributed by atoms with van der Waals surface area (Å²) < 4.78 is 6.08. The van der Waals surface area contributed by atoms with Crippen molar-refractivity contribution in [3.8, 4) is 17.6 Å². The Morgan fingerprint density at radius 2 is 2.19 bits per heavy atom. The number of likely N-dealkylation sites (tertiary alicyclic amines) is 1. The molecule has 1 aliphatic heterocycles. The van der Waals surface area contributed by atoms with Crippen LogP contribution >= 0.6 is 11.6 Å². The van der Waals surface area contributed by atoms with Crippen molar-refractivity contribution >= 4 is 17.7 Å². The van der Waals surface area contributed by atoms with Gasteiger partial charge in [0.2, 0.25) is 0 Å². The highest BCUT2D eigenvalue weighted by Crippen LogP contribution is 2.45. The van der Waals surface area contributed by atoms with E-state index in [1.165, 1.54) is 4.90 Å². The SMILES string of the molecule is Cc1ncc(C#CCCCCCl)cc1OCC1(C(C)(C)C)CCN1C(=O)O. The van der Waals surface area contributed by atoms with Gasteiger partial charge < -0.3 is 9.84 Å². The molecule has 1 atom stereocenters. The van der Waals surface area contributed by atoms with Crippen LogP contribution in [0.5, 0.6) is 5.75 Å². The summed E-state index contributed by atoms with van der Waals surface area (Å²) in [6.07, 6.45) is 4.38. The zero-order chi connectivity index (χ0) is 20.1. The summed E-state index contributed by atoms with van der Waals surface area (Å²) in [6.45, 7) is 8.89. The van der Waals surface area contributed by atoms with Gasteiger partial charge in [0.25, 0.3) is 0 Å². The van der Waals surface area contributed by atoms with E-state index in [2.05, 4.69) is 37.6 Å². The average Bonchev–Trinajstić information content (AvgIpc) is 2.54. The van der Waals surface area contributed by atoms with Crippen LogP contribution in [0.3, 0.4) is 0 Å². The van der Waals surface area contributed by atoms with E-state index in [-0.39, 0.29) is 5.41 Å². The molecule has 0 spiro atoms. The first-order chi connectivity index (χ1) is 12.7. The molecule has 0 radical (unpaired) electrons. The number of rotatable bonds is 6. The van der Waals surface area contributed by atoms with Crippen LogP contribution in [0, 0.1) is 24.2 Å². The van der Waals surface area contributed by atoms with Crippen LogP contribution in [0.25, 0.3) is 0 Å². The molecule has 2 rings (SSSR count). The molecule has 6 heteroatoms. The van der Waals surface area contributed by atoms with Crippen LogP contribution in [0.1, 0.15) is 57.7 Å². The highest BCUT2D eigenvalue weighted by Gasteiger charge is 2.56. The lowest BCUT2D eigenvalue weighted by Crippen LogP contribution is -2.70. The highest BCUT2D eigenvalue weighted by molar-refractivity contribution is 6.17. The van der Waals surface area contributed by atoms with Gasteiger partial charge in [-0.25, -0.2) is 4.79 Å². The first-order valence-electron chi connectivity index (χ1n) is 9.36. The average molecular weight is 393 g/mol. The van der Waals surface area contributed by atoms with Gasteiger partial charge in [-0.1, -0.05) is 32.6 Å². The van der Waals surface area contributed by atoms with E-state index < -0.39 is 11.6 Å². The molecule has 1 aliphatic rings. The van der Waals surface area contributed by atoms with Crippen LogP contribution in [0.15, 0.2) is 12.3 Å². The summed E-state index contributed by atoms with van der Waals surface area (Å²) >= 11 is 5.67. The smallest absolute Gasteiger partial charge is 0.407 e. The van der Waals surface area contributed by atoms with Gasteiger partial charge in [-0.05, 0) is 37.7 Å². The molecule has 2 heterocycles. The second-order valence-electron chi connectivity index (χ2n) is 8.01. The summed E-state index contributed by atoms with van der Waals surface area (Å²) in [6, 6.07) is 1.89. The monoisotopic (exact) mass is 392 g/mol. The molecular weight excluding hydrogens is 364 g/mol. The maximum atomic E-state index is 11.6. The molecule has 1 aromatic rings. The van der Waals surface area contributed by atoms with E-state index >= 15 is 0 Å². The summed E-state index contributed by atoms with van der Waals surface area (Å²) in [5, 5.41) is 9.52. The van der Waals surface area contributed by atoms with Crippen molar-refractivity contribution in [2.75, 3.05) is 19.0 Å². The number of amides is 1. The van der Waals surface area contributed by atoms with Crippen molar-refractivity contribution in [2.24, 2.45) is 5.41 Å².